The number of ether oxygens (including phenoxy) is 1. The summed E-state index contributed by atoms with van der Waals surface area (Å²) in [5, 5.41) is 5.59. The fourth-order valence-corrected chi connectivity index (χ4v) is 4.06. The molecule has 1 N–H and O–H groups in total. The molecule has 1 amide bonds. The average molecular weight is 351 g/mol. The lowest BCUT2D eigenvalue weighted by Crippen LogP contribution is -2.39. The standard InChI is InChI=1S/C17H19ClN2O2S/c1-11-13-6-8-23-16(13)5-7-20(11)10-17(21)19-14-9-12(18)3-4-15(14)22-2/h3-4,6,8-9,11H,5,7,10H2,1-2H3,(H,19,21). The topological polar surface area (TPSA) is 41.6 Å². The second-order valence-corrected chi connectivity index (χ2v) is 7.03. The molecule has 1 atom stereocenters. The van der Waals surface area contributed by atoms with Crippen molar-refractivity contribution in [3.8, 4) is 5.75 Å². The molecule has 0 bridgehead atoms. The second kappa shape index (κ2) is 6.91. The maximum absolute atomic E-state index is 12.4. The highest BCUT2D eigenvalue weighted by molar-refractivity contribution is 7.10. The van der Waals surface area contributed by atoms with E-state index in [9.17, 15) is 4.79 Å². The number of anilines is 1. The number of halogens is 1. The minimum Gasteiger partial charge on any atom is -0.495 e. The number of hydrogen-bond acceptors (Lipinski definition) is 4. The first-order valence-corrected chi connectivity index (χ1v) is 8.78. The maximum Gasteiger partial charge on any atom is 0.238 e. The summed E-state index contributed by atoms with van der Waals surface area (Å²) in [7, 11) is 1.57. The van der Waals surface area contributed by atoms with E-state index in [2.05, 4.69) is 28.6 Å². The monoisotopic (exact) mass is 350 g/mol. The minimum atomic E-state index is -0.0592. The lowest BCUT2D eigenvalue weighted by molar-refractivity contribution is -0.117. The molecule has 4 nitrogen and oxygen atoms in total. The summed E-state index contributed by atoms with van der Waals surface area (Å²) in [6.07, 6.45) is 1.01. The highest BCUT2D eigenvalue weighted by Crippen LogP contribution is 2.33. The Hall–Kier alpha value is -1.56. The van der Waals surface area contributed by atoms with Crippen molar-refractivity contribution >= 4 is 34.5 Å². The number of nitrogens with zero attached hydrogens (tertiary/aromatic N) is 1. The van der Waals surface area contributed by atoms with Crippen molar-refractivity contribution in [3.63, 3.8) is 0 Å². The molecule has 1 aromatic carbocycles. The Morgan fingerprint density at radius 2 is 2.30 bits per heavy atom. The molecule has 1 aromatic heterocycles. The first-order valence-electron chi connectivity index (χ1n) is 7.52. The number of amides is 1. The van der Waals surface area contributed by atoms with Crippen LogP contribution in [0.4, 0.5) is 5.69 Å². The second-order valence-electron chi connectivity index (χ2n) is 5.59. The summed E-state index contributed by atoms with van der Waals surface area (Å²) in [5.41, 5.74) is 1.94. The number of nitrogens with one attached hydrogen (secondary N) is 1. The molecule has 2 aromatic rings. The minimum absolute atomic E-state index is 0.0592. The van der Waals surface area contributed by atoms with Gasteiger partial charge in [-0.3, -0.25) is 9.69 Å². The normalized spacial score (nSPS) is 17.6. The molecular formula is C17H19ClN2O2S. The molecule has 0 fully saturated rings. The van der Waals surface area contributed by atoms with E-state index >= 15 is 0 Å². The Bertz CT molecular complexity index is 716. The van der Waals surface area contributed by atoms with Gasteiger partial charge in [-0.2, -0.15) is 0 Å². The first kappa shape index (κ1) is 16.3. The molecule has 1 aliphatic heterocycles. The number of methoxy groups -OCH3 is 1. The van der Waals surface area contributed by atoms with Crippen molar-refractivity contribution in [1.82, 2.24) is 4.90 Å². The van der Waals surface area contributed by atoms with E-state index in [0.717, 1.165) is 13.0 Å². The molecule has 2 heterocycles. The summed E-state index contributed by atoms with van der Waals surface area (Å²) < 4.78 is 5.26. The van der Waals surface area contributed by atoms with Gasteiger partial charge in [-0.1, -0.05) is 11.6 Å². The van der Waals surface area contributed by atoms with Crippen LogP contribution in [0.5, 0.6) is 5.75 Å². The van der Waals surface area contributed by atoms with E-state index in [0.29, 0.717) is 23.0 Å². The predicted octanol–water partition coefficient (Wildman–Crippen LogP) is 3.97. The third kappa shape index (κ3) is 3.52. The molecule has 3 rings (SSSR count). The Morgan fingerprint density at radius 3 is 3.09 bits per heavy atom. The van der Waals surface area contributed by atoms with Crippen LogP contribution in [0.3, 0.4) is 0 Å². The van der Waals surface area contributed by atoms with Crippen LogP contribution in [0.25, 0.3) is 0 Å². The van der Waals surface area contributed by atoms with Gasteiger partial charge in [0.15, 0.2) is 0 Å². The summed E-state index contributed by atoms with van der Waals surface area (Å²) in [4.78, 5) is 16.0. The number of carbonyl (C=O) groups excluding carboxylic acids is 1. The van der Waals surface area contributed by atoms with Crippen LogP contribution in [0.2, 0.25) is 5.02 Å². The smallest absolute Gasteiger partial charge is 0.238 e. The number of hydrogen-bond donors (Lipinski definition) is 1. The third-order valence-corrected chi connectivity index (χ3v) is 5.42. The molecule has 0 saturated heterocycles. The van der Waals surface area contributed by atoms with Gasteiger partial charge in [-0.15, -0.1) is 11.3 Å². The zero-order valence-corrected chi connectivity index (χ0v) is 14.7. The van der Waals surface area contributed by atoms with Crippen LogP contribution in [0.1, 0.15) is 23.4 Å². The molecule has 0 radical (unpaired) electrons. The van der Waals surface area contributed by atoms with Crippen LogP contribution >= 0.6 is 22.9 Å². The van der Waals surface area contributed by atoms with Crippen LogP contribution in [0.15, 0.2) is 29.6 Å². The first-order chi connectivity index (χ1) is 11.1. The van der Waals surface area contributed by atoms with Gasteiger partial charge in [0, 0.05) is 22.5 Å². The molecule has 0 saturated carbocycles. The van der Waals surface area contributed by atoms with E-state index in [-0.39, 0.29) is 11.9 Å². The Kier molecular flexibility index (Phi) is 4.90. The molecular weight excluding hydrogens is 332 g/mol. The van der Waals surface area contributed by atoms with Crippen molar-refractivity contribution in [2.45, 2.75) is 19.4 Å². The van der Waals surface area contributed by atoms with Crippen molar-refractivity contribution in [2.24, 2.45) is 0 Å². The quantitative estimate of drug-likeness (QED) is 0.907. The Balaban J connectivity index is 1.68. The van der Waals surface area contributed by atoms with Crippen LogP contribution in [-0.2, 0) is 11.2 Å². The average Bonchev–Trinajstić information content (AvgIpc) is 3.00. The zero-order valence-electron chi connectivity index (χ0n) is 13.1. The summed E-state index contributed by atoms with van der Waals surface area (Å²) in [6.45, 7) is 3.40. The van der Waals surface area contributed by atoms with Crippen LogP contribution in [0, 0.1) is 0 Å². The van der Waals surface area contributed by atoms with Crippen LogP contribution < -0.4 is 10.1 Å². The summed E-state index contributed by atoms with van der Waals surface area (Å²) in [6, 6.07) is 7.61. The number of rotatable bonds is 4. The molecule has 122 valence electrons. The summed E-state index contributed by atoms with van der Waals surface area (Å²) >= 11 is 7.80. The zero-order chi connectivity index (χ0) is 16.4. The highest BCUT2D eigenvalue weighted by atomic mass is 35.5. The molecule has 1 aliphatic rings. The SMILES string of the molecule is COc1ccc(Cl)cc1NC(=O)CN1CCc2sccc2C1C. The molecule has 0 aliphatic carbocycles. The van der Waals surface area contributed by atoms with Gasteiger partial charge in [0.1, 0.15) is 5.75 Å². The van der Waals surface area contributed by atoms with Crippen molar-refractivity contribution in [3.05, 3.63) is 45.1 Å². The van der Waals surface area contributed by atoms with E-state index in [1.165, 1.54) is 10.4 Å². The van der Waals surface area contributed by atoms with Gasteiger partial charge in [0.25, 0.3) is 0 Å². The van der Waals surface area contributed by atoms with Crippen molar-refractivity contribution in [2.75, 3.05) is 25.5 Å². The van der Waals surface area contributed by atoms with E-state index in [1.807, 2.05) is 0 Å². The predicted molar refractivity (Wildman–Crippen MR) is 94.6 cm³/mol. The van der Waals surface area contributed by atoms with E-state index in [1.54, 1.807) is 36.6 Å². The van der Waals surface area contributed by atoms with Crippen LogP contribution in [-0.4, -0.2) is 31.0 Å². The third-order valence-electron chi connectivity index (χ3n) is 4.19. The number of thiophene rings is 1. The number of fused-ring (bicyclic) bond motifs is 1. The summed E-state index contributed by atoms with van der Waals surface area (Å²) in [5.74, 6) is 0.547. The van der Waals surface area contributed by atoms with Gasteiger partial charge in [-0.05, 0) is 48.6 Å². The van der Waals surface area contributed by atoms with Crippen molar-refractivity contribution in [1.29, 1.82) is 0 Å². The fraction of sp³-hybridized carbons (Fsp3) is 0.353. The van der Waals surface area contributed by atoms with Gasteiger partial charge < -0.3 is 10.1 Å². The fourth-order valence-electron chi connectivity index (χ4n) is 2.93. The largest absolute Gasteiger partial charge is 0.495 e. The van der Waals surface area contributed by atoms with Gasteiger partial charge in [-0.25, -0.2) is 0 Å². The lowest BCUT2D eigenvalue weighted by Gasteiger charge is -2.32. The molecule has 0 spiro atoms. The van der Waals surface area contributed by atoms with Crippen molar-refractivity contribution < 1.29 is 9.53 Å². The van der Waals surface area contributed by atoms with E-state index in [4.69, 9.17) is 16.3 Å². The molecule has 23 heavy (non-hydrogen) atoms. The Morgan fingerprint density at radius 1 is 1.48 bits per heavy atom. The van der Waals surface area contributed by atoms with Gasteiger partial charge >= 0.3 is 0 Å². The number of benzene rings is 1. The van der Waals surface area contributed by atoms with Gasteiger partial charge in [0.05, 0.1) is 19.3 Å². The Labute approximate surface area is 145 Å². The lowest BCUT2D eigenvalue weighted by atomic mass is 10.0. The maximum atomic E-state index is 12.4. The van der Waals surface area contributed by atoms with Gasteiger partial charge in [0.2, 0.25) is 5.91 Å². The highest BCUT2D eigenvalue weighted by Gasteiger charge is 2.26. The number of carbonyl (C=O) groups is 1. The molecule has 6 heteroatoms. The van der Waals surface area contributed by atoms with E-state index < -0.39 is 0 Å². The molecule has 1 unspecified atom stereocenters.